The largest absolute Gasteiger partial charge is 0.373 e. The first kappa shape index (κ1) is 44.0. The molecule has 0 aromatic rings. The second-order valence-corrected chi connectivity index (χ2v) is 11.6. The van der Waals surface area contributed by atoms with Crippen LogP contribution < -0.4 is 42.5 Å². The number of rotatable bonds is 31. The molecule has 5 unspecified atom stereocenters. The summed E-state index contributed by atoms with van der Waals surface area (Å²) < 4.78 is 32.1. The highest BCUT2D eigenvalue weighted by atomic mass is 16.7. The van der Waals surface area contributed by atoms with E-state index in [1.54, 1.807) is 0 Å². The third kappa shape index (κ3) is 20.5. The highest BCUT2D eigenvalue weighted by Crippen LogP contribution is 2.29. The first-order valence-corrected chi connectivity index (χ1v) is 17.6. The lowest BCUT2D eigenvalue weighted by Crippen LogP contribution is -2.63. The maximum Gasteiger partial charge on any atom is 0.221 e. The molecule has 1 aliphatic heterocycles. The van der Waals surface area contributed by atoms with Gasteiger partial charge in [-0.3, -0.25) is 14.4 Å². The third-order valence-electron chi connectivity index (χ3n) is 7.52. The number of carbonyl (C=O) groups excluding carboxylic acids is 3. The average molecular weight is 691 g/mol. The molecule has 16 heteroatoms. The van der Waals surface area contributed by atoms with Crippen LogP contribution in [-0.4, -0.2) is 162 Å². The summed E-state index contributed by atoms with van der Waals surface area (Å²) in [5.41, 5.74) is 0. The Balaban J connectivity index is 2.99. The Morgan fingerprint density at radius 3 is 1.31 bits per heavy atom. The van der Waals surface area contributed by atoms with Gasteiger partial charge in [-0.15, -0.1) is 0 Å². The Kier molecular flexibility index (Phi) is 27.4. The van der Waals surface area contributed by atoms with Crippen molar-refractivity contribution < 1.29 is 38.1 Å². The minimum atomic E-state index is -0.726. The maximum absolute atomic E-state index is 12.1. The van der Waals surface area contributed by atoms with E-state index in [1.165, 1.54) is 0 Å². The second kappa shape index (κ2) is 29.9. The van der Waals surface area contributed by atoms with E-state index in [0.717, 1.165) is 13.0 Å². The van der Waals surface area contributed by atoms with Gasteiger partial charge in [0.15, 0.2) is 6.29 Å². The van der Waals surface area contributed by atoms with Crippen molar-refractivity contribution in [3.8, 4) is 0 Å². The molecule has 48 heavy (non-hydrogen) atoms. The Labute approximate surface area is 287 Å². The van der Waals surface area contributed by atoms with E-state index >= 15 is 0 Å². The number of ether oxygens (including phenoxy) is 5. The number of hydrogen-bond donors (Lipinski definition) is 8. The molecule has 0 radical (unpaired) electrons. The summed E-state index contributed by atoms with van der Waals surface area (Å²) >= 11 is 0. The van der Waals surface area contributed by atoms with E-state index < -0.39 is 30.7 Å². The van der Waals surface area contributed by atoms with Gasteiger partial charge >= 0.3 is 0 Å². The minimum absolute atomic E-state index is 0.00905. The van der Waals surface area contributed by atoms with Gasteiger partial charge in [-0.2, -0.15) is 0 Å². The SMILES string of the molecule is CNCCCOC1C(OCCCNC(=O)CCNC)OC(CNC)C(OCCCNC(=O)CCNC)C1OCCCNC(=O)CCNC. The van der Waals surface area contributed by atoms with Crippen LogP contribution in [-0.2, 0) is 38.1 Å². The van der Waals surface area contributed by atoms with Crippen LogP contribution in [0.15, 0.2) is 0 Å². The maximum atomic E-state index is 12.1. The summed E-state index contributed by atoms with van der Waals surface area (Å²) in [5, 5.41) is 24.0. The van der Waals surface area contributed by atoms with Crippen molar-refractivity contribution in [2.24, 2.45) is 0 Å². The topological polar surface area (TPSA) is 194 Å². The van der Waals surface area contributed by atoms with E-state index in [1.807, 2.05) is 35.2 Å². The van der Waals surface area contributed by atoms with Gasteiger partial charge in [0.1, 0.15) is 24.4 Å². The Morgan fingerprint density at radius 2 is 0.875 bits per heavy atom. The van der Waals surface area contributed by atoms with Crippen LogP contribution in [0.3, 0.4) is 0 Å². The zero-order valence-electron chi connectivity index (χ0n) is 30.1. The summed E-state index contributed by atoms with van der Waals surface area (Å²) in [6.07, 6.45) is 1.13. The molecule has 0 aromatic heterocycles. The normalized spacial score (nSPS) is 20.8. The standard InChI is InChI=1S/C32H66N8O8/c1-33-13-6-20-46-31-30(45-22-8-15-39-27(42)11-18-35-3)29(44-21-7-14-38-26(41)10-17-34-2)25(24-37-5)48-32(31)47-23-9-16-40-28(43)12-19-36-4/h25,29-37H,6-24H2,1-5H3,(H,38,41)(H,39,42)(H,40,43). The number of amides is 3. The highest BCUT2D eigenvalue weighted by molar-refractivity contribution is 5.76. The van der Waals surface area contributed by atoms with Crippen LogP contribution in [0.25, 0.3) is 0 Å². The molecule has 1 saturated heterocycles. The zero-order chi connectivity index (χ0) is 35.2. The van der Waals surface area contributed by atoms with Gasteiger partial charge in [0.05, 0.1) is 6.61 Å². The van der Waals surface area contributed by atoms with Crippen molar-refractivity contribution in [2.75, 3.05) is 114 Å². The number of hydrogen-bond acceptors (Lipinski definition) is 13. The fraction of sp³-hybridized carbons (Fsp3) is 0.906. The van der Waals surface area contributed by atoms with E-state index in [4.69, 9.17) is 23.7 Å². The quantitative estimate of drug-likeness (QED) is 0.0375. The average Bonchev–Trinajstić information content (AvgIpc) is 3.08. The van der Waals surface area contributed by atoms with Crippen molar-refractivity contribution in [2.45, 2.75) is 75.7 Å². The van der Waals surface area contributed by atoms with Crippen LogP contribution in [0.4, 0.5) is 0 Å². The van der Waals surface area contributed by atoms with Crippen LogP contribution >= 0.6 is 0 Å². The molecule has 8 N–H and O–H groups in total. The van der Waals surface area contributed by atoms with Gasteiger partial charge in [-0.1, -0.05) is 0 Å². The number of nitrogens with one attached hydrogen (secondary N) is 8. The van der Waals surface area contributed by atoms with Crippen molar-refractivity contribution in [1.29, 1.82) is 0 Å². The summed E-state index contributed by atoms with van der Waals surface area (Å²) in [6.45, 7) is 6.15. The van der Waals surface area contributed by atoms with Gasteiger partial charge < -0.3 is 66.2 Å². The smallest absolute Gasteiger partial charge is 0.221 e. The van der Waals surface area contributed by atoms with E-state index in [-0.39, 0.29) is 17.7 Å². The molecule has 16 nitrogen and oxygen atoms in total. The lowest BCUT2D eigenvalue weighted by molar-refractivity contribution is -0.317. The number of likely N-dealkylation sites (N-methyl/N-ethyl adjacent to an activating group) is 1. The zero-order valence-corrected chi connectivity index (χ0v) is 30.1. The highest BCUT2D eigenvalue weighted by Gasteiger charge is 2.48. The van der Waals surface area contributed by atoms with Gasteiger partial charge in [-0.05, 0) is 67.5 Å². The molecule has 0 aliphatic carbocycles. The Bertz CT molecular complexity index is 831. The van der Waals surface area contributed by atoms with Crippen molar-refractivity contribution in [3.63, 3.8) is 0 Å². The van der Waals surface area contributed by atoms with E-state index in [0.29, 0.717) is 111 Å². The molecule has 3 amide bonds. The molecular weight excluding hydrogens is 624 g/mol. The summed E-state index contributed by atoms with van der Waals surface area (Å²) in [5.74, 6) is -0.0336. The van der Waals surface area contributed by atoms with Gasteiger partial charge in [-0.25, -0.2) is 0 Å². The van der Waals surface area contributed by atoms with Crippen LogP contribution in [0.1, 0.15) is 44.9 Å². The molecule has 1 fully saturated rings. The summed E-state index contributed by atoms with van der Waals surface area (Å²) in [7, 11) is 9.18. The van der Waals surface area contributed by atoms with Crippen LogP contribution in [0.2, 0.25) is 0 Å². The number of carbonyl (C=O) groups is 3. The van der Waals surface area contributed by atoms with Crippen molar-refractivity contribution in [3.05, 3.63) is 0 Å². The fourth-order valence-corrected chi connectivity index (χ4v) is 4.93. The Hall–Kier alpha value is -1.99. The first-order chi connectivity index (χ1) is 23.4. The molecule has 1 aliphatic rings. The molecule has 5 atom stereocenters. The van der Waals surface area contributed by atoms with Crippen LogP contribution in [0.5, 0.6) is 0 Å². The summed E-state index contributed by atoms with van der Waals surface area (Å²) in [4.78, 5) is 36.1. The predicted octanol–water partition coefficient (Wildman–Crippen LogP) is -1.94. The van der Waals surface area contributed by atoms with Gasteiger partial charge in [0.2, 0.25) is 17.7 Å². The van der Waals surface area contributed by atoms with Crippen LogP contribution in [0, 0.1) is 0 Å². The molecule has 1 heterocycles. The molecular formula is C32H66N8O8. The fourth-order valence-electron chi connectivity index (χ4n) is 4.93. The molecule has 0 saturated carbocycles. The monoisotopic (exact) mass is 691 g/mol. The first-order valence-electron chi connectivity index (χ1n) is 17.6. The van der Waals surface area contributed by atoms with Gasteiger partial charge in [0.25, 0.3) is 0 Å². The lowest BCUT2D eigenvalue weighted by atomic mass is 9.97. The molecule has 282 valence electrons. The molecule has 0 aromatic carbocycles. The second-order valence-electron chi connectivity index (χ2n) is 11.6. The minimum Gasteiger partial charge on any atom is -0.373 e. The lowest BCUT2D eigenvalue weighted by Gasteiger charge is -2.46. The third-order valence-corrected chi connectivity index (χ3v) is 7.52. The van der Waals surface area contributed by atoms with Gasteiger partial charge in [0, 0.05) is 84.9 Å². The predicted molar refractivity (Wildman–Crippen MR) is 185 cm³/mol. The van der Waals surface area contributed by atoms with Crippen molar-refractivity contribution >= 4 is 17.7 Å². The van der Waals surface area contributed by atoms with Crippen molar-refractivity contribution in [1.82, 2.24) is 42.5 Å². The van der Waals surface area contributed by atoms with E-state index in [2.05, 4.69) is 42.5 Å². The van der Waals surface area contributed by atoms with E-state index in [9.17, 15) is 14.4 Å². The summed E-state index contributed by atoms with van der Waals surface area (Å²) in [6, 6.07) is 0. The molecule has 1 rings (SSSR count). The Morgan fingerprint density at radius 1 is 0.479 bits per heavy atom. The molecule has 0 bridgehead atoms. The molecule has 0 spiro atoms.